The van der Waals surface area contributed by atoms with E-state index in [9.17, 15) is 4.79 Å². The molecule has 1 atom stereocenters. The molecule has 0 saturated heterocycles. The summed E-state index contributed by atoms with van der Waals surface area (Å²) in [4.78, 5) is 12.1. The second-order valence-electron chi connectivity index (χ2n) is 5.32. The van der Waals surface area contributed by atoms with Gasteiger partial charge in [0.25, 0.3) is 0 Å². The topological polar surface area (TPSA) is 73.6 Å². The predicted octanol–water partition coefficient (Wildman–Crippen LogP) is 1.90. The van der Waals surface area contributed by atoms with Crippen molar-refractivity contribution in [3.05, 3.63) is 23.8 Å². The number of benzene rings is 1. The molecule has 5 nitrogen and oxygen atoms in total. The average molecular weight is 299 g/mol. The van der Waals surface area contributed by atoms with Gasteiger partial charge in [-0.25, -0.2) is 0 Å². The van der Waals surface area contributed by atoms with Gasteiger partial charge in [0, 0.05) is 0 Å². The molecule has 6 heteroatoms. The Morgan fingerprint density at radius 2 is 2.05 bits per heavy atom. The van der Waals surface area contributed by atoms with Crippen molar-refractivity contribution in [2.75, 3.05) is 6.79 Å². The van der Waals surface area contributed by atoms with Gasteiger partial charge in [-0.15, -0.1) is 12.4 Å². The summed E-state index contributed by atoms with van der Waals surface area (Å²) in [5, 5.41) is 2.97. The Morgan fingerprint density at radius 3 is 2.70 bits per heavy atom. The molecule has 1 fully saturated rings. The van der Waals surface area contributed by atoms with Crippen molar-refractivity contribution in [3.8, 4) is 11.5 Å². The maximum atomic E-state index is 12.1. The molecule has 3 N–H and O–H groups in total. The highest BCUT2D eigenvalue weighted by molar-refractivity contribution is 5.87. The summed E-state index contributed by atoms with van der Waals surface area (Å²) in [6.07, 6.45) is 2.57. The average Bonchev–Trinajstić information content (AvgIpc) is 2.82. The number of hydrogen-bond donors (Lipinski definition) is 2. The van der Waals surface area contributed by atoms with Gasteiger partial charge in [0.15, 0.2) is 11.5 Å². The molecular weight excluding hydrogens is 280 g/mol. The Kier molecular flexibility index (Phi) is 4.11. The van der Waals surface area contributed by atoms with E-state index in [4.69, 9.17) is 15.2 Å². The second kappa shape index (κ2) is 5.50. The van der Waals surface area contributed by atoms with Gasteiger partial charge in [-0.05, 0) is 43.9 Å². The maximum Gasteiger partial charge on any atom is 0.240 e. The first-order valence-electron chi connectivity index (χ1n) is 6.58. The molecular formula is C14H19ClN2O3. The first-order valence-corrected chi connectivity index (χ1v) is 6.58. The fraction of sp³-hybridized carbons (Fsp3) is 0.500. The first kappa shape index (κ1) is 14.9. The third-order valence-corrected chi connectivity index (χ3v) is 3.94. The highest BCUT2D eigenvalue weighted by Gasteiger charge is 2.40. The summed E-state index contributed by atoms with van der Waals surface area (Å²) >= 11 is 0. The number of carbonyl (C=O) groups excluding carboxylic acids is 1. The molecule has 1 aliphatic carbocycles. The van der Waals surface area contributed by atoms with Crippen molar-refractivity contribution < 1.29 is 14.3 Å². The molecule has 1 aliphatic heterocycles. The van der Waals surface area contributed by atoms with Crippen LogP contribution in [0.1, 0.15) is 37.8 Å². The highest BCUT2D eigenvalue weighted by atomic mass is 35.5. The molecule has 110 valence electrons. The Balaban J connectivity index is 0.00000147. The molecule has 2 aliphatic rings. The number of rotatable bonds is 3. The van der Waals surface area contributed by atoms with Crippen molar-refractivity contribution in [2.45, 2.75) is 37.8 Å². The van der Waals surface area contributed by atoms with E-state index < -0.39 is 5.54 Å². The number of carbonyl (C=O) groups is 1. The fourth-order valence-electron chi connectivity index (χ4n) is 2.39. The van der Waals surface area contributed by atoms with Gasteiger partial charge in [0.1, 0.15) is 0 Å². The van der Waals surface area contributed by atoms with Gasteiger partial charge in [0.05, 0.1) is 11.6 Å². The molecule has 0 bridgehead atoms. The zero-order chi connectivity index (χ0) is 13.5. The number of halogens is 1. The third kappa shape index (κ3) is 2.55. The molecule has 20 heavy (non-hydrogen) atoms. The Hall–Kier alpha value is -1.46. The maximum absolute atomic E-state index is 12.1. The minimum absolute atomic E-state index is 0. The van der Waals surface area contributed by atoms with Crippen LogP contribution in [0, 0.1) is 0 Å². The van der Waals surface area contributed by atoms with Gasteiger partial charge in [0.2, 0.25) is 12.7 Å². The van der Waals surface area contributed by atoms with Crippen LogP contribution < -0.4 is 20.5 Å². The SMILES string of the molecule is CC(NC(=O)C1(N)CCC1)c1ccc2c(c1)OCO2.Cl. The molecule has 1 aromatic carbocycles. The number of nitrogens with one attached hydrogen (secondary N) is 1. The molecule has 1 heterocycles. The summed E-state index contributed by atoms with van der Waals surface area (Å²) in [7, 11) is 0. The minimum atomic E-state index is -0.662. The molecule has 1 unspecified atom stereocenters. The normalized spacial score (nSPS) is 19.5. The molecule has 1 aromatic rings. The molecule has 0 radical (unpaired) electrons. The second-order valence-corrected chi connectivity index (χ2v) is 5.32. The molecule has 0 spiro atoms. The van der Waals surface area contributed by atoms with Crippen LogP contribution in [0.15, 0.2) is 18.2 Å². The number of nitrogens with two attached hydrogens (primary N) is 1. The van der Waals surface area contributed by atoms with Gasteiger partial charge in [-0.2, -0.15) is 0 Å². The van der Waals surface area contributed by atoms with Gasteiger partial charge in [-0.3, -0.25) is 4.79 Å². The van der Waals surface area contributed by atoms with E-state index in [1.807, 2.05) is 25.1 Å². The number of fused-ring (bicyclic) bond motifs is 1. The van der Waals surface area contributed by atoms with Gasteiger partial charge < -0.3 is 20.5 Å². The Labute approximate surface area is 124 Å². The lowest BCUT2D eigenvalue weighted by atomic mass is 9.77. The number of ether oxygens (including phenoxy) is 2. The lowest BCUT2D eigenvalue weighted by molar-refractivity contribution is -0.129. The van der Waals surface area contributed by atoms with Crippen LogP contribution in [0.3, 0.4) is 0 Å². The summed E-state index contributed by atoms with van der Waals surface area (Å²) in [6.45, 7) is 2.20. The lowest BCUT2D eigenvalue weighted by Gasteiger charge is -2.37. The monoisotopic (exact) mass is 298 g/mol. The standard InChI is InChI=1S/C14H18N2O3.ClH/c1-9(16-13(17)14(15)5-2-6-14)10-3-4-11-12(7-10)19-8-18-11;/h3-4,7,9H,2,5-6,8,15H2,1H3,(H,16,17);1H. The fourth-order valence-corrected chi connectivity index (χ4v) is 2.39. The van der Waals surface area contributed by atoms with E-state index in [0.717, 1.165) is 36.3 Å². The van der Waals surface area contributed by atoms with Crippen LogP contribution in [0.4, 0.5) is 0 Å². The zero-order valence-corrected chi connectivity index (χ0v) is 12.2. The summed E-state index contributed by atoms with van der Waals surface area (Å²) in [6, 6.07) is 5.60. The van der Waals surface area contributed by atoms with Crippen LogP contribution in [-0.4, -0.2) is 18.2 Å². The zero-order valence-electron chi connectivity index (χ0n) is 11.3. The van der Waals surface area contributed by atoms with Crippen LogP contribution in [0.2, 0.25) is 0 Å². The third-order valence-electron chi connectivity index (χ3n) is 3.94. The quantitative estimate of drug-likeness (QED) is 0.894. The lowest BCUT2D eigenvalue weighted by Crippen LogP contribution is -2.58. The largest absolute Gasteiger partial charge is 0.454 e. The molecule has 1 amide bonds. The molecule has 3 rings (SSSR count). The van der Waals surface area contributed by atoms with E-state index in [0.29, 0.717) is 0 Å². The van der Waals surface area contributed by atoms with Gasteiger partial charge >= 0.3 is 0 Å². The van der Waals surface area contributed by atoms with E-state index >= 15 is 0 Å². The van der Waals surface area contributed by atoms with Crippen LogP contribution >= 0.6 is 12.4 Å². The summed E-state index contributed by atoms with van der Waals surface area (Å²) in [5.74, 6) is 1.41. The molecule has 1 saturated carbocycles. The van der Waals surface area contributed by atoms with Gasteiger partial charge in [-0.1, -0.05) is 6.07 Å². The smallest absolute Gasteiger partial charge is 0.240 e. The number of amides is 1. The highest BCUT2D eigenvalue weighted by Crippen LogP contribution is 2.35. The van der Waals surface area contributed by atoms with Crippen LogP contribution in [-0.2, 0) is 4.79 Å². The van der Waals surface area contributed by atoms with E-state index in [-0.39, 0.29) is 31.1 Å². The number of hydrogen-bond acceptors (Lipinski definition) is 4. The van der Waals surface area contributed by atoms with E-state index in [1.54, 1.807) is 0 Å². The van der Waals surface area contributed by atoms with Crippen molar-refractivity contribution in [1.82, 2.24) is 5.32 Å². The van der Waals surface area contributed by atoms with Crippen molar-refractivity contribution in [2.24, 2.45) is 5.73 Å². The Morgan fingerprint density at radius 1 is 1.35 bits per heavy atom. The molecule has 0 aromatic heterocycles. The summed E-state index contributed by atoms with van der Waals surface area (Å²) < 4.78 is 10.6. The first-order chi connectivity index (χ1) is 9.08. The Bertz CT molecular complexity index is 517. The van der Waals surface area contributed by atoms with E-state index in [1.165, 1.54) is 0 Å². The van der Waals surface area contributed by atoms with Crippen LogP contribution in [0.25, 0.3) is 0 Å². The van der Waals surface area contributed by atoms with Crippen molar-refractivity contribution in [3.63, 3.8) is 0 Å². The summed E-state index contributed by atoms with van der Waals surface area (Å²) in [5.41, 5.74) is 6.33. The predicted molar refractivity (Wildman–Crippen MR) is 77.1 cm³/mol. The minimum Gasteiger partial charge on any atom is -0.454 e. The van der Waals surface area contributed by atoms with Crippen molar-refractivity contribution >= 4 is 18.3 Å². The van der Waals surface area contributed by atoms with Crippen molar-refractivity contribution in [1.29, 1.82) is 0 Å². The van der Waals surface area contributed by atoms with Crippen LogP contribution in [0.5, 0.6) is 11.5 Å². The van der Waals surface area contributed by atoms with E-state index in [2.05, 4.69) is 5.32 Å².